The zero-order valence-electron chi connectivity index (χ0n) is 11.1. The maximum Gasteiger partial charge on any atom is 0.335 e. The molecule has 100 valence electrons. The van der Waals surface area contributed by atoms with E-state index in [0.717, 1.165) is 18.7 Å². The number of carbonyl (C=O) groups is 1. The highest BCUT2D eigenvalue weighted by molar-refractivity contribution is 5.90. The average Bonchev–Trinajstić information content (AvgIpc) is 2.29. The molecule has 0 spiro atoms. The molecule has 5 nitrogen and oxygen atoms in total. The van der Waals surface area contributed by atoms with Crippen molar-refractivity contribution in [1.29, 1.82) is 0 Å². The van der Waals surface area contributed by atoms with Gasteiger partial charge in [0.05, 0.1) is 16.9 Å². The summed E-state index contributed by atoms with van der Waals surface area (Å²) in [7, 11) is 4.06. The van der Waals surface area contributed by atoms with Crippen LogP contribution in [0.25, 0.3) is 0 Å². The number of aromatic carboxylic acids is 1. The maximum atomic E-state index is 10.8. The van der Waals surface area contributed by atoms with Crippen LogP contribution in [0.2, 0.25) is 0 Å². The Balaban J connectivity index is 2.64. The number of nitrogens with one attached hydrogen (secondary N) is 1. The van der Waals surface area contributed by atoms with Crippen molar-refractivity contribution in [2.75, 3.05) is 31.7 Å². The van der Waals surface area contributed by atoms with Gasteiger partial charge in [-0.05, 0) is 52.2 Å². The van der Waals surface area contributed by atoms with Crippen LogP contribution in [0, 0.1) is 0 Å². The van der Waals surface area contributed by atoms with Gasteiger partial charge in [-0.1, -0.05) is 0 Å². The lowest BCUT2D eigenvalue weighted by Crippen LogP contribution is -2.23. The van der Waals surface area contributed by atoms with Crippen molar-refractivity contribution in [1.82, 2.24) is 4.90 Å². The molecular weight excluding hydrogens is 230 g/mol. The molecule has 0 aliphatic rings. The van der Waals surface area contributed by atoms with Gasteiger partial charge in [0.25, 0.3) is 0 Å². The first-order chi connectivity index (χ1) is 8.40. The molecule has 1 rings (SSSR count). The van der Waals surface area contributed by atoms with Crippen molar-refractivity contribution in [2.24, 2.45) is 0 Å². The topological polar surface area (TPSA) is 78.6 Å². The van der Waals surface area contributed by atoms with Crippen LogP contribution in [0.15, 0.2) is 18.2 Å². The molecule has 0 saturated carbocycles. The van der Waals surface area contributed by atoms with Crippen LogP contribution in [0.4, 0.5) is 11.4 Å². The first-order valence-electron chi connectivity index (χ1n) is 5.94. The Kier molecular flexibility index (Phi) is 4.97. The fourth-order valence-corrected chi connectivity index (χ4v) is 1.62. The largest absolute Gasteiger partial charge is 0.478 e. The molecular formula is C13H21N3O2. The monoisotopic (exact) mass is 251 g/mol. The summed E-state index contributed by atoms with van der Waals surface area (Å²) in [5, 5.41) is 12.1. The minimum Gasteiger partial charge on any atom is -0.478 e. The molecule has 5 heteroatoms. The third-order valence-electron chi connectivity index (χ3n) is 2.71. The van der Waals surface area contributed by atoms with Crippen LogP contribution in [-0.2, 0) is 0 Å². The summed E-state index contributed by atoms with van der Waals surface area (Å²) in [4.78, 5) is 12.9. The fourth-order valence-electron chi connectivity index (χ4n) is 1.62. The fraction of sp³-hybridized carbons (Fsp3) is 0.462. The van der Waals surface area contributed by atoms with Crippen molar-refractivity contribution in [2.45, 2.75) is 19.4 Å². The molecule has 18 heavy (non-hydrogen) atoms. The SMILES string of the molecule is CC(CCN(C)C)Nc1ccc(C(=O)O)cc1N. The van der Waals surface area contributed by atoms with E-state index in [0.29, 0.717) is 5.69 Å². The molecule has 0 bridgehead atoms. The van der Waals surface area contributed by atoms with Gasteiger partial charge in [-0.3, -0.25) is 0 Å². The molecule has 0 aromatic heterocycles. The van der Waals surface area contributed by atoms with Gasteiger partial charge in [0.15, 0.2) is 0 Å². The first kappa shape index (κ1) is 14.3. The lowest BCUT2D eigenvalue weighted by Gasteiger charge is -2.19. The zero-order chi connectivity index (χ0) is 13.7. The van der Waals surface area contributed by atoms with E-state index in [1.54, 1.807) is 12.1 Å². The molecule has 0 radical (unpaired) electrons. The van der Waals surface area contributed by atoms with Gasteiger partial charge in [-0.25, -0.2) is 4.79 Å². The Labute approximate surface area is 108 Å². The van der Waals surface area contributed by atoms with E-state index in [-0.39, 0.29) is 11.6 Å². The van der Waals surface area contributed by atoms with Gasteiger partial charge in [0, 0.05) is 6.04 Å². The number of nitrogens with two attached hydrogens (primary N) is 1. The number of nitrogen functional groups attached to an aromatic ring is 1. The average molecular weight is 251 g/mol. The molecule has 1 aromatic rings. The number of hydrogen-bond donors (Lipinski definition) is 3. The minimum absolute atomic E-state index is 0.207. The summed E-state index contributed by atoms with van der Waals surface area (Å²) < 4.78 is 0. The number of carboxylic acids is 1. The van der Waals surface area contributed by atoms with Gasteiger partial charge in [-0.2, -0.15) is 0 Å². The molecule has 0 saturated heterocycles. The summed E-state index contributed by atoms with van der Waals surface area (Å²) in [6.45, 7) is 3.06. The van der Waals surface area contributed by atoms with E-state index in [1.807, 2.05) is 14.1 Å². The molecule has 1 aromatic carbocycles. The van der Waals surface area contributed by atoms with E-state index in [1.165, 1.54) is 6.07 Å². The second-order valence-electron chi connectivity index (χ2n) is 4.74. The Morgan fingerprint density at radius 3 is 2.67 bits per heavy atom. The van der Waals surface area contributed by atoms with Crippen molar-refractivity contribution >= 4 is 17.3 Å². The quantitative estimate of drug-likeness (QED) is 0.671. The number of nitrogens with zero attached hydrogens (tertiary/aromatic N) is 1. The molecule has 4 N–H and O–H groups in total. The van der Waals surface area contributed by atoms with Crippen LogP contribution in [0.5, 0.6) is 0 Å². The van der Waals surface area contributed by atoms with Crippen molar-refractivity contribution in [3.05, 3.63) is 23.8 Å². The maximum absolute atomic E-state index is 10.8. The number of carboxylic acid groups (broad SMARTS) is 1. The Bertz CT molecular complexity index is 419. The highest BCUT2D eigenvalue weighted by atomic mass is 16.4. The molecule has 1 atom stereocenters. The van der Waals surface area contributed by atoms with E-state index in [2.05, 4.69) is 17.1 Å². The molecule has 0 heterocycles. The van der Waals surface area contributed by atoms with Crippen LogP contribution >= 0.6 is 0 Å². The predicted molar refractivity (Wildman–Crippen MR) is 74.1 cm³/mol. The standard InChI is InChI=1S/C13H21N3O2/c1-9(6-7-16(2)3)15-12-5-4-10(13(17)18)8-11(12)14/h4-5,8-9,15H,6-7,14H2,1-3H3,(H,17,18). The number of benzene rings is 1. The lowest BCUT2D eigenvalue weighted by molar-refractivity contribution is 0.0697. The highest BCUT2D eigenvalue weighted by Crippen LogP contribution is 2.21. The Morgan fingerprint density at radius 1 is 1.50 bits per heavy atom. The number of hydrogen-bond acceptors (Lipinski definition) is 4. The van der Waals surface area contributed by atoms with Crippen molar-refractivity contribution in [3.8, 4) is 0 Å². The smallest absolute Gasteiger partial charge is 0.335 e. The summed E-state index contributed by atoms with van der Waals surface area (Å²) >= 11 is 0. The van der Waals surface area contributed by atoms with Gasteiger partial charge >= 0.3 is 5.97 Å². The second kappa shape index (κ2) is 6.26. The summed E-state index contributed by atoms with van der Waals surface area (Å²) in [6, 6.07) is 5.03. The van der Waals surface area contributed by atoms with Crippen LogP contribution in [0.1, 0.15) is 23.7 Å². The molecule has 1 unspecified atom stereocenters. The zero-order valence-corrected chi connectivity index (χ0v) is 11.1. The highest BCUT2D eigenvalue weighted by Gasteiger charge is 2.08. The Morgan fingerprint density at radius 2 is 2.17 bits per heavy atom. The van der Waals surface area contributed by atoms with Gasteiger partial charge in [0.1, 0.15) is 0 Å². The number of anilines is 2. The molecule has 0 amide bonds. The molecule has 0 aliphatic carbocycles. The van der Waals surface area contributed by atoms with Crippen LogP contribution in [0.3, 0.4) is 0 Å². The summed E-state index contributed by atoms with van der Waals surface area (Å²) in [5.74, 6) is -0.964. The van der Waals surface area contributed by atoms with E-state index < -0.39 is 5.97 Å². The minimum atomic E-state index is -0.964. The van der Waals surface area contributed by atoms with Crippen molar-refractivity contribution < 1.29 is 9.90 Å². The normalized spacial score (nSPS) is 12.4. The third-order valence-corrected chi connectivity index (χ3v) is 2.71. The van der Waals surface area contributed by atoms with E-state index >= 15 is 0 Å². The van der Waals surface area contributed by atoms with Crippen molar-refractivity contribution in [3.63, 3.8) is 0 Å². The first-order valence-corrected chi connectivity index (χ1v) is 5.94. The van der Waals surface area contributed by atoms with Gasteiger partial charge in [-0.15, -0.1) is 0 Å². The summed E-state index contributed by atoms with van der Waals surface area (Å²) in [6.07, 6.45) is 0.993. The predicted octanol–water partition coefficient (Wildman–Crippen LogP) is 1.72. The second-order valence-corrected chi connectivity index (χ2v) is 4.74. The third kappa shape index (κ3) is 4.25. The van der Waals surface area contributed by atoms with E-state index in [9.17, 15) is 4.79 Å². The van der Waals surface area contributed by atoms with Crippen LogP contribution < -0.4 is 11.1 Å². The molecule has 0 aliphatic heterocycles. The number of rotatable bonds is 6. The van der Waals surface area contributed by atoms with E-state index in [4.69, 9.17) is 10.8 Å². The summed E-state index contributed by atoms with van der Waals surface area (Å²) in [5.41, 5.74) is 7.28. The van der Waals surface area contributed by atoms with Gasteiger partial charge in [0.2, 0.25) is 0 Å². The van der Waals surface area contributed by atoms with Crippen LogP contribution in [-0.4, -0.2) is 42.7 Å². The Hall–Kier alpha value is -1.75. The van der Waals surface area contributed by atoms with Gasteiger partial charge < -0.3 is 21.1 Å². The lowest BCUT2D eigenvalue weighted by atomic mass is 10.1. The molecule has 0 fully saturated rings.